The van der Waals surface area contributed by atoms with Gasteiger partial charge in [0.1, 0.15) is 0 Å². The summed E-state index contributed by atoms with van der Waals surface area (Å²) in [6.07, 6.45) is 5.14. The number of rotatable bonds is 9. The first kappa shape index (κ1) is 19.7. The van der Waals surface area contributed by atoms with Gasteiger partial charge < -0.3 is 4.74 Å². The maximum absolute atomic E-state index is 11.9. The first-order valence-electron chi connectivity index (χ1n) is 8.26. The monoisotopic (exact) mass is 321 g/mol. The highest BCUT2D eigenvalue weighted by Gasteiger charge is 2.16. The molecule has 0 aliphatic carbocycles. The van der Waals surface area contributed by atoms with Crippen LogP contribution in [0.1, 0.15) is 69.8 Å². The zero-order valence-electron chi connectivity index (χ0n) is 15.0. The van der Waals surface area contributed by atoms with Crippen LogP contribution in [0.15, 0.2) is 24.3 Å². The van der Waals surface area contributed by atoms with Gasteiger partial charge in [-0.3, -0.25) is 4.89 Å². The number of benzene rings is 1. The Bertz CT molecular complexity index is 459. The van der Waals surface area contributed by atoms with Crippen molar-refractivity contribution in [2.45, 2.75) is 65.9 Å². The predicted octanol–water partition coefficient (Wildman–Crippen LogP) is 4.87. The molecule has 0 heterocycles. The highest BCUT2D eigenvalue weighted by Crippen LogP contribution is 2.14. The molecule has 0 unspecified atom stereocenters. The summed E-state index contributed by atoms with van der Waals surface area (Å²) in [5, 5.41) is 0. The van der Waals surface area contributed by atoms with Crippen LogP contribution < -0.4 is 0 Å². The summed E-state index contributed by atoms with van der Waals surface area (Å²) in [4.78, 5) is 21.8. The number of unbranched alkanes of at least 4 members (excludes halogenated alkanes) is 2. The summed E-state index contributed by atoms with van der Waals surface area (Å²) < 4.78 is 5.54. The minimum Gasteiger partial charge on any atom is -0.373 e. The lowest BCUT2D eigenvalue weighted by atomic mass is 10.1. The van der Waals surface area contributed by atoms with Gasteiger partial charge in [-0.25, -0.2) is 4.79 Å². The summed E-state index contributed by atoms with van der Waals surface area (Å²) in [6.45, 7) is 10.0. The Morgan fingerprint density at radius 1 is 1.04 bits per heavy atom. The molecule has 0 fully saturated rings. The van der Waals surface area contributed by atoms with Crippen LogP contribution >= 0.6 is 0 Å². The molecule has 0 saturated carbocycles. The molecule has 0 saturated heterocycles. The summed E-state index contributed by atoms with van der Waals surface area (Å²) >= 11 is 0. The third-order valence-corrected chi connectivity index (χ3v) is 3.23. The highest BCUT2D eigenvalue weighted by molar-refractivity contribution is 5.88. The second-order valence-corrected chi connectivity index (χ2v) is 6.71. The molecule has 1 aromatic rings. The molecular formula is C19H29O4. The molecule has 0 bridgehead atoms. The fourth-order valence-electron chi connectivity index (χ4n) is 1.89. The standard InChI is InChI=1S/C19H29O4/c1-6-7-8-9-16-10-12-17(13-11-16)18(20)23-22-15(2)14-21-19(3,4)5/h10-13H,6-9,14H2,1-5H3. The normalized spacial score (nSPS) is 11.7. The van der Waals surface area contributed by atoms with Crippen LogP contribution in [0.4, 0.5) is 0 Å². The van der Waals surface area contributed by atoms with E-state index >= 15 is 0 Å². The maximum Gasteiger partial charge on any atom is 0.373 e. The molecule has 0 aromatic heterocycles. The van der Waals surface area contributed by atoms with Gasteiger partial charge in [0.2, 0.25) is 0 Å². The van der Waals surface area contributed by atoms with Crippen LogP contribution in [-0.4, -0.2) is 18.2 Å². The molecule has 23 heavy (non-hydrogen) atoms. The smallest absolute Gasteiger partial charge is 0.373 e. The number of carbonyl (C=O) groups is 1. The zero-order chi connectivity index (χ0) is 17.3. The van der Waals surface area contributed by atoms with E-state index in [0.29, 0.717) is 11.7 Å². The number of hydrogen-bond donors (Lipinski definition) is 0. The van der Waals surface area contributed by atoms with Crippen molar-refractivity contribution in [1.29, 1.82) is 0 Å². The van der Waals surface area contributed by atoms with Gasteiger partial charge in [0, 0.05) is 0 Å². The van der Waals surface area contributed by atoms with E-state index < -0.39 is 5.97 Å². The van der Waals surface area contributed by atoms with Gasteiger partial charge in [-0.2, -0.15) is 4.89 Å². The zero-order valence-corrected chi connectivity index (χ0v) is 15.0. The van der Waals surface area contributed by atoms with Gasteiger partial charge in [-0.05, 0) is 58.2 Å². The van der Waals surface area contributed by atoms with Crippen molar-refractivity contribution in [3.63, 3.8) is 0 Å². The van der Waals surface area contributed by atoms with Gasteiger partial charge in [0.05, 0.1) is 17.8 Å². The Labute approximate surface area is 140 Å². The van der Waals surface area contributed by atoms with Crippen molar-refractivity contribution in [2.75, 3.05) is 6.61 Å². The van der Waals surface area contributed by atoms with E-state index in [1.54, 1.807) is 19.1 Å². The molecule has 0 spiro atoms. The Hall–Kier alpha value is -1.39. The van der Waals surface area contributed by atoms with E-state index in [9.17, 15) is 4.79 Å². The Morgan fingerprint density at radius 2 is 1.70 bits per heavy atom. The summed E-state index contributed by atoms with van der Waals surface area (Å²) in [5.74, 6) is -0.500. The van der Waals surface area contributed by atoms with Crippen molar-refractivity contribution in [1.82, 2.24) is 0 Å². The quantitative estimate of drug-likeness (QED) is 0.369. The molecule has 1 rings (SSSR count). The minimum absolute atomic E-state index is 0.262. The second kappa shape index (κ2) is 9.68. The van der Waals surface area contributed by atoms with E-state index in [1.165, 1.54) is 24.8 Å². The van der Waals surface area contributed by atoms with Crippen LogP contribution in [-0.2, 0) is 20.9 Å². The van der Waals surface area contributed by atoms with Gasteiger partial charge in [-0.1, -0.05) is 31.9 Å². The molecule has 129 valence electrons. The maximum atomic E-state index is 11.9. The molecule has 1 radical (unpaired) electrons. The highest BCUT2D eigenvalue weighted by atomic mass is 17.2. The van der Waals surface area contributed by atoms with Crippen LogP contribution in [0.2, 0.25) is 0 Å². The van der Waals surface area contributed by atoms with Crippen LogP contribution in [0, 0.1) is 6.10 Å². The molecule has 0 N–H and O–H groups in total. The van der Waals surface area contributed by atoms with Gasteiger partial charge in [0.15, 0.2) is 6.10 Å². The number of ether oxygens (including phenoxy) is 1. The van der Waals surface area contributed by atoms with E-state index in [2.05, 4.69) is 6.92 Å². The predicted molar refractivity (Wildman–Crippen MR) is 90.8 cm³/mol. The summed E-state index contributed by atoms with van der Waals surface area (Å²) in [5.41, 5.74) is 1.45. The number of carbonyl (C=O) groups excluding carboxylic acids is 1. The lowest BCUT2D eigenvalue weighted by Crippen LogP contribution is -2.23. The third kappa shape index (κ3) is 8.72. The van der Waals surface area contributed by atoms with E-state index in [4.69, 9.17) is 14.5 Å². The van der Waals surface area contributed by atoms with Crippen molar-refractivity contribution in [3.8, 4) is 0 Å². The van der Waals surface area contributed by atoms with Crippen LogP contribution in [0.5, 0.6) is 0 Å². The van der Waals surface area contributed by atoms with Crippen LogP contribution in [0.3, 0.4) is 0 Å². The molecule has 1 aromatic carbocycles. The number of hydrogen-bond acceptors (Lipinski definition) is 4. The molecule has 0 amide bonds. The first-order valence-corrected chi connectivity index (χ1v) is 8.26. The average molecular weight is 321 g/mol. The van der Waals surface area contributed by atoms with E-state index in [-0.39, 0.29) is 12.2 Å². The molecule has 4 heteroatoms. The van der Waals surface area contributed by atoms with Gasteiger partial charge >= 0.3 is 5.97 Å². The topological polar surface area (TPSA) is 44.8 Å². The number of aryl methyl sites for hydroxylation is 1. The summed E-state index contributed by atoms with van der Waals surface area (Å²) in [6, 6.07) is 7.47. The van der Waals surface area contributed by atoms with Gasteiger partial charge in [-0.15, -0.1) is 0 Å². The lowest BCUT2D eigenvalue weighted by molar-refractivity contribution is -0.242. The van der Waals surface area contributed by atoms with Crippen molar-refractivity contribution < 1.29 is 19.3 Å². The molecule has 0 aliphatic heterocycles. The first-order chi connectivity index (χ1) is 10.8. The van der Waals surface area contributed by atoms with E-state index in [1.807, 2.05) is 32.9 Å². The second-order valence-electron chi connectivity index (χ2n) is 6.71. The minimum atomic E-state index is -0.500. The molecular weight excluding hydrogens is 292 g/mol. The van der Waals surface area contributed by atoms with Crippen molar-refractivity contribution >= 4 is 5.97 Å². The SMILES string of the molecule is CCCCCc1ccc(C(=O)OO[C](C)COC(C)(C)C)cc1. The fraction of sp³-hybridized carbons (Fsp3) is 0.579. The largest absolute Gasteiger partial charge is 0.373 e. The average Bonchev–Trinajstić information content (AvgIpc) is 2.51. The Morgan fingerprint density at radius 3 is 2.26 bits per heavy atom. The summed E-state index contributed by atoms with van der Waals surface area (Å²) in [7, 11) is 0. The molecule has 0 aliphatic rings. The Balaban J connectivity index is 2.36. The Kier molecular flexibility index (Phi) is 8.28. The van der Waals surface area contributed by atoms with Crippen molar-refractivity contribution in [2.24, 2.45) is 0 Å². The lowest BCUT2D eigenvalue weighted by Gasteiger charge is -2.21. The fourth-order valence-corrected chi connectivity index (χ4v) is 1.89. The van der Waals surface area contributed by atoms with E-state index in [0.717, 1.165) is 6.42 Å². The van der Waals surface area contributed by atoms with Gasteiger partial charge in [0.25, 0.3) is 0 Å². The van der Waals surface area contributed by atoms with Crippen molar-refractivity contribution in [3.05, 3.63) is 41.5 Å². The molecule has 0 atom stereocenters. The molecule has 4 nitrogen and oxygen atoms in total. The third-order valence-electron chi connectivity index (χ3n) is 3.23. The van der Waals surface area contributed by atoms with Crippen LogP contribution in [0.25, 0.3) is 0 Å².